The molecule has 1 heterocycles. The van der Waals surface area contributed by atoms with Gasteiger partial charge < -0.3 is 14.5 Å². The molecule has 188 valence electrons. The molecule has 1 atom stereocenters. The molecular weight excluding hydrogens is 519 g/mol. The van der Waals surface area contributed by atoms with Crippen LogP contribution in [0.5, 0.6) is 0 Å². The van der Waals surface area contributed by atoms with Crippen molar-refractivity contribution < 1.29 is 14.3 Å². The second-order valence-electron chi connectivity index (χ2n) is 8.74. The zero-order valence-electron chi connectivity index (χ0n) is 19.7. The van der Waals surface area contributed by atoms with Crippen LogP contribution in [-0.4, -0.2) is 53.9 Å². The van der Waals surface area contributed by atoms with E-state index in [4.69, 9.17) is 39.5 Å². The zero-order valence-corrected chi connectivity index (χ0v) is 22.0. The van der Waals surface area contributed by atoms with Gasteiger partial charge in [-0.1, -0.05) is 77.3 Å². The van der Waals surface area contributed by atoms with E-state index in [1.807, 2.05) is 47.4 Å². The van der Waals surface area contributed by atoms with E-state index in [-0.39, 0.29) is 24.3 Å². The first kappa shape index (κ1) is 26.5. The molecule has 1 fully saturated rings. The van der Waals surface area contributed by atoms with Crippen molar-refractivity contribution in [2.24, 2.45) is 0 Å². The Balaban J connectivity index is 1.45. The van der Waals surface area contributed by atoms with E-state index in [9.17, 15) is 9.59 Å². The van der Waals surface area contributed by atoms with Crippen LogP contribution in [0.2, 0.25) is 15.1 Å². The molecule has 5 nitrogen and oxygen atoms in total. The lowest BCUT2D eigenvalue weighted by Gasteiger charge is -2.31. The van der Waals surface area contributed by atoms with E-state index in [1.54, 1.807) is 23.1 Å². The van der Waals surface area contributed by atoms with Crippen molar-refractivity contribution in [1.29, 1.82) is 0 Å². The third kappa shape index (κ3) is 7.01. The highest BCUT2D eigenvalue weighted by molar-refractivity contribution is 6.42. The summed E-state index contributed by atoms with van der Waals surface area (Å²) in [7, 11) is 0. The highest BCUT2D eigenvalue weighted by atomic mass is 35.5. The SMILES string of the molecule is O=C(c1ccc(Cl)c(Cl)c1)N1CCC(=O)N([C@H](COCc2ccc(Cl)cc2)Cc2ccccc2)CC1. The summed E-state index contributed by atoms with van der Waals surface area (Å²) in [5.41, 5.74) is 2.59. The summed E-state index contributed by atoms with van der Waals surface area (Å²) >= 11 is 18.1. The lowest BCUT2D eigenvalue weighted by atomic mass is 10.0. The van der Waals surface area contributed by atoms with Gasteiger partial charge in [-0.3, -0.25) is 9.59 Å². The van der Waals surface area contributed by atoms with Crippen LogP contribution in [0.1, 0.15) is 27.9 Å². The highest BCUT2D eigenvalue weighted by Gasteiger charge is 2.29. The minimum absolute atomic E-state index is 0.00969. The van der Waals surface area contributed by atoms with Crippen LogP contribution in [0.3, 0.4) is 0 Å². The number of halogens is 3. The van der Waals surface area contributed by atoms with Gasteiger partial charge in [-0.2, -0.15) is 0 Å². The Morgan fingerprint density at radius 2 is 1.61 bits per heavy atom. The number of benzene rings is 3. The molecule has 8 heteroatoms. The average Bonchev–Trinajstić information content (AvgIpc) is 3.08. The maximum Gasteiger partial charge on any atom is 0.253 e. The molecule has 3 aromatic rings. The van der Waals surface area contributed by atoms with Crippen molar-refractivity contribution in [2.75, 3.05) is 26.2 Å². The van der Waals surface area contributed by atoms with Crippen LogP contribution in [0.15, 0.2) is 72.8 Å². The number of ether oxygens (including phenoxy) is 1. The van der Waals surface area contributed by atoms with Crippen LogP contribution >= 0.6 is 34.8 Å². The fraction of sp³-hybridized carbons (Fsp3) is 0.286. The molecule has 4 rings (SSSR count). The Labute approximate surface area is 226 Å². The fourth-order valence-electron chi connectivity index (χ4n) is 4.28. The number of hydrogen-bond donors (Lipinski definition) is 0. The van der Waals surface area contributed by atoms with Crippen molar-refractivity contribution in [1.82, 2.24) is 9.80 Å². The fourth-order valence-corrected chi connectivity index (χ4v) is 4.70. The summed E-state index contributed by atoms with van der Waals surface area (Å²) in [6.07, 6.45) is 0.906. The van der Waals surface area contributed by atoms with Gasteiger partial charge >= 0.3 is 0 Å². The predicted octanol–water partition coefficient (Wildman–Crippen LogP) is 6.15. The molecule has 0 aromatic heterocycles. The van der Waals surface area contributed by atoms with Gasteiger partial charge in [0.05, 0.1) is 29.3 Å². The molecular formula is C28H27Cl3N2O3. The minimum atomic E-state index is -0.165. The van der Waals surface area contributed by atoms with E-state index in [2.05, 4.69) is 12.1 Å². The van der Waals surface area contributed by atoms with Gasteiger partial charge in [0, 0.05) is 36.6 Å². The molecule has 0 unspecified atom stereocenters. The molecule has 0 radical (unpaired) electrons. The zero-order chi connectivity index (χ0) is 25.5. The molecule has 2 amide bonds. The third-order valence-corrected chi connectivity index (χ3v) is 7.22. The van der Waals surface area contributed by atoms with Crippen molar-refractivity contribution in [3.63, 3.8) is 0 Å². The largest absolute Gasteiger partial charge is 0.375 e. The molecule has 3 aromatic carbocycles. The Morgan fingerprint density at radius 1 is 0.861 bits per heavy atom. The predicted molar refractivity (Wildman–Crippen MR) is 144 cm³/mol. The smallest absolute Gasteiger partial charge is 0.253 e. The molecule has 1 saturated heterocycles. The normalized spacial score (nSPS) is 15.0. The van der Waals surface area contributed by atoms with Crippen LogP contribution in [-0.2, 0) is 22.6 Å². The molecule has 0 saturated carbocycles. The molecule has 0 N–H and O–H groups in total. The van der Waals surface area contributed by atoms with Crippen LogP contribution in [0.25, 0.3) is 0 Å². The second-order valence-corrected chi connectivity index (χ2v) is 9.99. The topological polar surface area (TPSA) is 49.9 Å². The van der Waals surface area contributed by atoms with Crippen molar-refractivity contribution in [3.8, 4) is 0 Å². The standard InChI is InChI=1S/C28H27Cl3N2O3/c29-23-9-6-21(7-10-23)18-36-19-24(16-20-4-2-1-3-5-20)33-15-14-32(13-12-27(33)34)28(35)22-8-11-25(30)26(31)17-22/h1-11,17,24H,12-16,18-19H2/t24-/m0/s1. The molecule has 0 aliphatic carbocycles. The van der Waals surface area contributed by atoms with E-state index in [0.29, 0.717) is 59.9 Å². The van der Waals surface area contributed by atoms with Crippen LogP contribution < -0.4 is 0 Å². The average molecular weight is 546 g/mol. The molecule has 1 aliphatic rings. The Hall–Kier alpha value is -2.57. The third-order valence-electron chi connectivity index (χ3n) is 6.23. The molecule has 36 heavy (non-hydrogen) atoms. The van der Waals surface area contributed by atoms with Gasteiger partial charge in [0.1, 0.15) is 0 Å². The monoisotopic (exact) mass is 544 g/mol. The van der Waals surface area contributed by atoms with Crippen molar-refractivity contribution >= 4 is 46.6 Å². The van der Waals surface area contributed by atoms with E-state index in [0.717, 1.165) is 11.1 Å². The van der Waals surface area contributed by atoms with Crippen LogP contribution in [0, 0.1) is 0 Å². The van der Waals surface area contributed by atoms with E-state index in [1.165, 1.54) is 0 Å². The Morgan fingerprint density at radius 3 is 2.33 bits per heavy atom. The lowest BCUT2D eigenvalue weighted by Crippen LogP contribution is -2.45. The second kappa shape index (κ2) is 12.6. The summed E-state index contributed by atoms with van der Waals surface area (Å²) < 4.78 is 6.06. The lowest BCUT2D eigenvalue weighted by molar-refractivity contribution is -0.134. The Bertz CT molecular complexity index is 1190. The first-order valence-electron chi connectivity index (χ1n) is 11.8. The summed E-state index contributed by atoms with van der Waals surface area (Å²) in [5, 5.41) is 1.40. The van der Waals surface area contributed by atoms with Crippen molar-refractivity contribution in [2.45, 2.75) is 25.5 Å². The van der Waals surface area contributed by atoms with Gasteiger partial charge in [0.25, 0.3) is 5.91 Å². The summed E-state index contributed by atoms with van der Waals surface area (Å²) in [4.78, 5) is 29.9. The van der Waals surface area contributed by atoms with Gasteiger partial charge in [0.2, 0.25) is 5.91 Å². The summed E-state index contributed by atoms with van der Waals surface area (Å²) in [5.74, 6) is -0.155. The molecule has 1 aliphatic heterocycles. The summed E-state index contributed by atoms with van der Waals surface area (Å²) in [6, 6.07) is 22.2. The highest BCUT2D eigenvalue weighted by Crippen LogP contribution is 2.24. The van der Waals surface area contributed by atoms with E-state index >= 15 is 0 Å². The number of carbonyl (C=O) groups is 2. The maximum atomic E-state index is 13.2. The maximum absolute atomic E-state index is 13.2. The van der Waals surface area contributed by atoms with Gasteiger partial charge in [0.15, 0.2) is 0 Å². The van der Waals surface area contributed by atoms with Crippen molar-refractivity contribution in [3.05, 3.63) is 105 Å². The first-order chi connectivity index (χ1) is 17.4. The first-order valence-corrected chi connectivity index (χ1v) is 12.9. The minimum Gasteiger partial charge on any atom is -0.375 e. The van der Waals surface area contributed by atoms with Crippen LogP contribution in [0.4, 0.5) is 0 Å². The number of nitrogens with zero attached hydrogens (tertiary/aromatic N) is 2. The Kier molecular flexibility index (Phi) is 9.27. The number of amides is 2. The quantitative estimate of drug-likeness (QED) is 0.341. The number of carbonyl (C=O) groups excluding carboxylic acids is 2. The van der Waals surface area contributed by atoms with E-state index < -0.39 is 0 Å². The number of hydrogen-bond acceptors (Lipinski definition) is 3. The van der Waals surface area contributed by atoms with Gasteiger partial charge in [-0.05, 0) is 47.9 Å². The summed E-state index contributed by atoms with van der Waals surface area (Å²) in [6.45, 7) is 2.00. The van der Waals surface area contributed by atoms with Gasteiger partial charge in [-0.25, -0.2) is 0 Å². The number of rotatable bonds is 8. The molecule has 0 spiro atoms. The molecule has 0 bridgehead atoms. The van der Waals surface area contributed by atoms with Gasteiger partial charge in [-0.15, -0.1) is 0 Å².